The average Bonchev–Trinajstić information content (AvgIpc) is 3.04. The highest BCUT2D eigenvalue weighted by molar-refractivity contribution is 5.85. The maximum Gasteiger partial charge on any atom is 0.0593 e. The Morgan fingerprint density at radius 1 is 1.07 bits per heavy atom. The molecular formula is C27H45N. The van der Waals surface area contributed by atoms with Crippen LogP contribution in [0, 0.1) is 34.5 Å². The Labute approximate surface area is 175 Å². The molecule has 3 saturated carbocycles. The van der Waals surface area contributed by atoms with Gasteiger partial charge in [-0.15, -0.1) is 0 Å². The van der Waals surface area contributed by atoms with Crippen LogP contribution < -0.4 is 0 Å². The summed E-state index contributed by atoms with van der Waals surface area (Å²) < 4.78 is 0. The second-order valence-electron chi connectivity index (χ2n) is 10.5. The first-order valence-corrected chi connectivity index (χ1v) is 12.2. The molecule has 0 bridgehead atoms. The summed E-state index contributed by atoms with van der Waals surface area (Å²) in [5.74, 6) is 3.56. The van der Waals surface area contributed by atoms with E-state index in [1.165, 1.54) is 69.1 Å². The number of nitrogens with zero attached hydrogens (tertiary/aromatic N) is 1. The van der Waals surface area contributed by atoms with E-state index in [-0.39, 0.29) is 0 Å². The molecule has 0 N–H and O–H groups in total. The van der Waals surface area contributed by atoms with Crippen molar-refractivity contribution in [1.29, 1.82) is 0 Å². The molecule has 0 aliphatic heterocycles. The summed E-state index contributed by atoms with van der Waals surface area (Å²) in [5, 5.41) is 0. The fourth-order valence-corrected chi connectivity index (χ4v) is 7.81. The van der Waals surface area contributed by atoms with E-state index in [1.54, 1.807) is 0 Å². The van der Waals surface area contributed by atoms with Gasteiger partial charge in [-0.3, -0.25) is 4.99 Å². The van der Waals surface area contributed by atoms with Gasteiger partial charge in [-0.2, -0.15) is 0 Å². The predicted molar refractivity (Wildman–Crippen MR) is 124 cm³/mol. The Bertz CT molecular complexity index is 641. The summed E-state index contributed by atoms with van der Waals surface area (Å²) >= 11 is 0. The molecule has 0 aromatic rings. The van der Waals surface area contributed by atoms with Gasteiger partial charge in [0.2, 0.25) is 0 Å². The monoisotopic (exact) mass is 383 g/mol. The van der Waals surface area contributed by atoms with Gasteiger partial charge in [-0.25, -0.2) is 0 Å². The van der Waals surface area contributed by atoms with E-state index in [4.69, 9.17) is 4.99 Å². The molecule has 0 heterocycles. The number of rotatable bonds is 3. The SMILES string of the molecule is C=C(C)CN=C(C)C1CCC2C3CCC4=CCCCC4(C)C3CCC12C.CC. The van der Waals surface area contributed by atoms with Gasteiger partial charge in [0.15, 0.2) is 0 Å². The Hall–Kier alpha value is -0.850. The number of aliphatic imine (C=N–C) groups is 1. The highest BCUT2D eigenvalue weighted by Crippen LogP contribution is 2.66. The Morgan fingerprint density at radius 2 is 1.82 bits per heavy atom. The summed E-state index contributed by atoms with van der Waals surface area (Å²) in [7, 11) is 0. The number of hydrogen-bond donors (Lipinski definition) is 0. The Balaban J connectivity index is 0.00000109. The molecule has 0 saturated heterocycles. The minimum Gasteiger partial charge on any atom is -0.290 e. The van der Waals surface area contributed by atoms with Crippen LogP contribution in [0.3, 0.4) is 0 Å². The van der Waals surface area contributed by atoms with E-state index in [1.807, 2.05) is 19.4 Å². The van der Waals surface area contributed by atoms with Crippen molar-refractivity contribution < 1.29 is 0 Å². The van der Waals surface area contributed by atoms with Gasteiger partial charge in [0.1, 0.15) is 0 Å². The summed E-state index contributed by atoms with van der Waals surface area (Å²) in [4.78, 5) is 4.93. The molecule has 6 atom stereocenters. The van der Waals surface area contributed by atoms with E-state index in [2.05, 4.69) is 40.3 Å². The molecule has 0 aromatic heterocycles. The standard InChI is InChI=1S/C25H39N.C2H6/c1-17(2)16-26-18(3)21-11-12-22-20-10-9-19-8-6-7-14-24(19,4)23(20)13-15-25(21,22)5;1-2/h8,20-23H,1,6-7,9-16H2,2-5H3;1-2H3. The maximum atomic E-state index is 4.93. The number of allylic oxidation sites excluding steroid dienone is 2. The van der Waals surface area contributed by atoms with E-state index < -0.39 is 0 Å². The quantitative estimate of drug-likeness (QED) is 0.345. The number of hydrogen-bond acceptors (Lipinski definition) is 1. The van der Waals surface area contributed by atoms with Crippen LogP contribution >= 0.6 is 0 Å². The van der Waals surface area contributed by atoms with E-state index >= 15 is 0 Å². The molecule has 0 radical (unpaired) electrons. The molecule has 3 fully saturated rings. The van der Waals surface area contributed by atoms with Crippen LogP contribution in [0.4, 0.5) is 0 Å². The Kier molecular flexibility index (Phi) is 6.62. The molecule has 1 nitrogen and oxygen atoms in total. The summed E-state index contributed by atoms with van der Waals surface area (Å²) in [6.07, 6.45) is 15.4. The van der Waals surface area contributed by atoms with Crippen molar-refractivity contribution in [1.82, 2.24) is 0 Å². The highest BCUT2D eigenvalue weighted by Gasteiger charge is 2.58. The van der Waals surface area contributed by atoms with Crippen molar-refractivity contribution in [3.63, 3.8) is 0 Å². The first kappa shape index (κ1) is 21.8. The van der Waals surface area contributed by atoms with Crippen molar-refractivity contribution >= 4 is 5.71 Å². The smallest absolute Gasteiger partial charge is 0.0593 e. The maximum absolute atomic E-state index is 4.93. The van der Waals surface area contributed by atoms with Crippen LogP contribution in [0.1, 0.15) is 99.3 Å². The highest BCUT2D eigenvalue weighted by atomic mass is 14.8. The zero-order valence-corrected chi connectivity index (χ0v) is 19.6. The molecule has 0 spiro atoms. The third-order valence-corrected chi connectivity index (χ3v) is 9.13. The molecule has 4 aliphatic carbocycles. The van der Waals surface area contributed by atoms with E-state index in [9.17, 15) is 0 Å². The summed E-state index contributed by atoms with van der Waals surface area (Å²) in [6.45, 7) is 18.5. The molecule has 4 rings (SSSR count). The fourth-order valence-electron chi connectivity index (χ4n) is 7.81. The third-order valence-electron chi connectivity index (χ3n) is 9.13. The second kappa shape index (κ2) is 8.49. The lowest BCUT2D eigenvalue weighted by atomic mass is 9.47. The van der Waals surface area contributed by atoms with E-state index in [0.717, 1.165) is 24.3 Å². The van der Waals surface area contributed by atoms with Crippen molar-refractivity contribution in [3.8, 4) is 0 Å². The van der Waals surface area contributed by atoms with Crippen LogP contribution in [-0.4, -0.2) is 12.3 Å². The van der Waals surface area contributed by atoms with Gasteiger partial charge in [0.25, 0.3) is 0 Å². The fraction of sp³-hybridized carbons (Fsp3) is 0.815. The molecule has 0 amide bonds. The van der Waals surface area contributed by atoms with Crippen molar-refractivity contribution in [2.24, 2.45) is 39.5 Å². The normalized spacial score (nSPS) is 42.4. The minimum atomic E-state index is 0.496. The van der Waals surface area contributed by atoms with Gasteiger partial charge in [-0.1, -0.05) is 51.5 Å². The van der Waals surface area contributed by atoms with Crippen molar-refractivity contribution in [2.75, 3.05) is 6.54 Å². The third kappa shape index (κ3) is 3.56. The molecule has 6 unspecified atom stereocenters. The first-order valence-electron chi connectivity index (χ1n) is 12.2. The zero-order chi connectivity index (χ0) is 20.5. The van der Waals surface area contributed by atoms with Crippen LogP contribution in [0.5, 0.6) is 0 Å². The summed E-state index contributed by atoms with van der Waals surface area (Å²) in [6, 6.07) is 0. The van der Waals surface area contributed by atoms with E-state index in [0.29, 0.717) is 16.7 Å². The minimum absolute atomic E-state index is 0.496. The Morgan fingerprint density at radius 3 is 2.54 bits per heavy atom. The molecule has 4 aliphatic rings. The lowest BCUT2D eigenvalue weighted by Gasteiger charge is -2.58. The van der Waals surface area contributed by atoms with Crippen LogP contribution in [-0.2, 0) is 0 Å². The van der Waals surface area contributed by atoms with Gasteiger partial charge in [0, 0.05) is 11.6 Å². The largest absolute Gasteiger partial charge is 0.290 e. The summed E-state index contributed by atoms with van der Waals surface area (Å²) in [5.41, 5.74) is 5.46. The second-order valence-corrected chi connectivity index (χ2v) is 10.5. The topological polar surface area (TPSA) is 12.4 Å². The molecule has 158 valence electrons. The van der Waals surface area contributed by atoms with Gasteiger partial charge >= 0.3 is 0 Å². The molecule has 28 heavy (non-hydrogen) atoms. The first-order chi connectivity index (χ1) is 13.4. The van der Waals surface area contributed by atoms with Crippen LogP contribution in [0.25, 0.3) is 0 Å². The van der Waals surface area contributed by atoms with Crippen molar-refractivity contribution in [2.45, 2.75) is 99.3 Å². The van der Waals surface area contributed by atoms with Crippen LogP contribution in [0.2, 0.25) is 0 Å². The molecular weight excluding hydrogens is 338 g/mol. The zero-order valence-electron chi connectivity index (χ0n) is 19.6. The lowest BCUT2D eigenvalue weighted by molar-refractivity contribution is -0.0431. The van der Waals surface area contributed by atoms with Gasteiger partial charge < -0.3 is 0 Å². The average molecular weight is 384 g/mol. The molecule has 0 aromatic carbocycles. The lowest BCUT2D eigenvalue weighted by Crippen LogP contribution is -2.50. The molecule has 1 heteroatoms. The van der Waals surface area contributed by atoms with Crippen molar-refractivity contribution in [3.05, 3.63) is 23.8 Å². The van der Waals surface area contributed by atoms with Gasteiger partial charge in [-0.05, 0) is 100 Å². The number of fused-ring (bicyclic) bond motifs is 5. The predicted octanol–water partition coefficient (Wildman–Crippen LogP) is 8.02. The van der Waals surface area contributed by atoms with Crippen LogP contribution in [0.15, 0.2) is 28.8 Å². The van der Waals surface area contributed by atoms with Gasteiger partial charge in [0.05, 0.1) is 6.54 Å².